The molecule has 0 saturated carbocycles. The molecule has 0 spiro atoms. The molecule has 0 aliphatic heterocycles. The number of amides is 1. The van der Waals surface area contributed by atoms with Crippen molar-refractivity contribution >= 4 is 31.9 Å². The Morgan fingerprint density at radius 3 is 2.00 bits per heavy atom. The summed E-state index contributed by atoms with van der Waals surface area (Å²) < 4.78 is 43.7. The Balaban J connectivity index is 2.31. The third-order valence-electron chi connectivity index (χ3n) is 3.46. The first-order valence-corrected chi connectivity index (χ1v) is 9.68. The summed E-state index contributed by atoms with van der Waals surface area (Å²) in [6, 6.07) is 9.79. The van der Waals surface area contributed by atoms with Gasteiger partial charge in [-0.25, -0.2) is 13.1 Å². The summed E-state index contributed by atoms with van der Waals surface area (Å²) in [5.41, 5.74) is 0.676. The molecule has 7 nitrogen and oxygen atoms in total. The second-order valence-electron chi connectivity index (χ2n) is 5.19. The molecular formula is C17H18BrNO6S. The number of halogens is 1. The SMILES string of the molecule is COc1cc(OC)c(S(=O)(=O)NC(=O)Cc2ccc(Br)cc2)c(OC)c1. The largest absolute Gasteiger partial charge is 0.496 e. The monoisotopic (exact) mass is 443 g/mol. The number of benzene rings is 2. The van der Waals surface area contributed by atoms with Crippen LogP contribution in [0.1, 0.15) is 5.56 Å². The molecule has 2 rings (SSSR count). The van der Waals surface area contributed by atoms with Gasteiger partial charge in [-0.15, -0.1) is 0 Å². The molecule has 0 atom stereocenters. The summed E-state index contributed by atoms with van der Waals surface area (Å²) in [5, 5.41) is 0. The van der Waals surface area contributed by atoms with Gasteiger partial charge in [0.25, 0.3) is 10.0 Å². The summed E-state index contributed by atoms with van der Waals surface area (Å²) in [6.45, 7) is 0. The summed E-state index contributed by atoms with van der Waals surface area (Å²) in [4.78, 5) is 11.9. The van der Waals surface area contributed by atoms with Crippen LogP contribution in [-0.2, 0) is 21.2 Å². The Hall–Kier alpha value is -2.26. The standard InChI is InChI=1S/C17H18BrNO6S/c1-23-13-9-14(24-2)17(15(10-13)25-3)26(21,22)19-16(20)8-11-4-6-12(18)7-5-11/h4-7,9-10H,8H2,1-3H3,(H,19,20). The average Bonchev–Trinajstić information content (AvgIpc) is 2.61. The molecule has 2 aromatic rings. The highest BCUT2D eigenvalue weighted by molar-refractivity contribution is 9.10. The molecule has 0 fully saturated rings. The van der Waals surface area contributed by atoms with Crippen molar-refractivity contribution in [1.82, 2.24) is 4.72 Å². The topological polar surface area (TPSA) is 90.9 Å². The number of carbonyl (C=O) groups excluding carboxylic acids is 1. The lowest BCUT2D eigenvalue weighted by molar-refractivity contribution is -0.118. The molecule has 0 unspecified atom stereocenters. The van der Waals surface area contributed by atoms with Crippen molar-refractivity contribution in [1.29, 1.82) is 0 Å². The highest BCUT2D eigenvalue weighted by Gasteiger charge is 2.28. The Bertz CT molecular complexity index is 871. The molecule has 140 valence electrons. The fraction of sp³-hybridized carbons (Fsp3) is 0.235. The van der Waals surface area contributed by atoms with Gasteiger partial charge in [0.15, 0.2) is 4.90 Å². The molecule has 0 heterocycles. The van der Waals surface area contributed by atoms with Gasteiger partial charge in [-0.3, -0.25) is 4.79 Å². The minimum Gasteiger partial charge on any atom is -0.496 e. The first-order chi connectivity index (χ1) is 12.3. The van der Waals surface area contributed by atoms with E-state index in [1.165, 1.54) is 33.5 Å². The van der Waals surface area contributed by atoms with E-state index in [2.05, 4.69) is 15.9 Å². The summed E-state index contributed by atoms with van der Waals surface area (Å²) >= 11 is 3.30. The zero-order chi connectivity index (χ0) is 19.3. The minimum atomic E-state index is -4.21. The maximum absolute atomic E-state index is 12.7. The van der Waals surface area contributed by atoms with Crippen LogP contribution in [0.3, 0.4) is 0 Å². The van der Waals surface area contributed by atoms with Gasteiger partial charge in [-0.1, -0.05) is 28.1 Å². The van der Waals surface area contributed by atoms with Crippen molar-refractivity contribution in [2.24, 2.45) is 0 Å². The zero-order valence-corrected chi connectivity index (χ0v) is 16.8. The summed E-state index contributed by atoms with van der Waals surface area (Å²) in [7, 11) is -0.147. The molecule has 26 heavy (non-hydrogen) atoms. The lowest BCUT2D eigenvalue weighted by Gasteiger charge is -2.15. The lowest BCUT2D eigenvalue weighted by atomic mass is 10.1. The molecule has 9 heteroatoms. The number of carbonyl (C=O) groups is 1. The Morgan fingerprint density at radius 2 is 1.54 bits per heavy atom. The second kappa shape index (κ2) is 8.41. The van der Waals surface area contributed by atoms with Crippen molar-refractivity contribution in [3.63, 3.8) is 0 Å². The zero-order valence-electron chi connectivity index (χ0n) is 14.4. The number of methoxy groups -OCH3 is 3. The number of hydrogen-bond acceptors (Lipinski definition) is 6. The predicted molar refractivity (Wildman–Crippen MR) is 99.3 cm³/mol. The molecule has 0 bridgehead atoms. The highest BCUT2D eigenvalue weighted by Crippen LogP contribution is 2.37. The van der Waals surface area contributed by atoms with Crippen LogP contribution in [0.5, 0.6) is 17.2 Å². The Labute approximate surface area is 160 Å². The van der Waals surface area contributed by atoms with E-state index >= 15 is 0 Å². The van der Waals surface area contributed by atoms with E-state index in [4.69, 9.17) is 14.2 Å². The van der Waals surface area contributed by atoms with Crippen molar-refractivity contribution in [2.75, 3.05) is 21.3 Å². The van der Waals surface area contributed by atoms with Gasteiger partial charge >= 0.3 is 0 Å². The molecular weight excluding hydrogens is 426 g/mol. The smallest absolute Gasteiger partial charge is 0.271 e. The molecule has 0 aliphatic rings. The number of sulfonamides is 1. The van der Waals surface area contributed by atoms with Crippen LogP contribution in [0.15, 0.2) is 45.8 Å². The molecule has 0 saturated heterocycles. The third kappa shape index (κ3) is 4.67. The van der Waals surface area contributed by atoms with Crippen LogP contribution >= 0.6 is 15.9 Å². The van der Waals surface area contributed by atoms with Crippen molar-refractivity contribution in [3.8, 4) is 17.2 Å². The van der Waals surface area contributed by atoms with Crippen LogP contribution in [-0.4, -0.2) is 35.7 Å². The molecule has 1 N–H and O–H groups in total. The molecule has 1 amide bonds. The van der Waals surface area contributed by atoms with E-state index in [9.17, 15) is 13.2 Å². The fourth-order valence-corrected chi connectivity index (χ4v) is 3.82. The lowest BCUT2D eigenvalue weighted by Crippen LogP contribution is -2.32. The van der Waals surface area contributed by atoms with Gasteiger partial charge in [-0.2, -0.15) is 0 Å². The maximum Gasteiger partial charge on any atom is 0.271 e. The van der Waals surface area contributed by atoms with E-state index in [-0.39, 0.29) is 22.8 Å². The van der Waals surface area contributed by atoms with Crippen LogP contribution in [0.2, 0.25) is 0 Å². The fourth-order valence-electron chi connectivity index (χ4n) is 2.26. The number of rotatable bonds is 7. The molecule has 0 aromatic heterocycles. The number of hydrogen-bond donors (Lipinski definition) is 1. The molecule has 0 aliphatic carbocycles. The average molecular weight is 444 g/mol. The number of nitrogens with one attached hydrogen (secondary N) is 1. The van der Waals surface area contributed by atoms with E-state index in [0.29, 0.717) is 11.3 Å². The number of ether oxygens (including phenoxy) is 3. The Kier molecular flexibility index (Phi) is 6.49. The molecule has 0 radical (unpaired) electrons. The van der Waals surface area contributed by atoms with Gasteiger partial charge in [0.2, 0.25) is 5.91 Å². The van der Waals surface area contributed by atoms with Gasteiger partial charge in [0, 0.05) is 16.6 Å². The first kappa shape index (κ1) is 20.1. The van der Waals surface area contributed by atoms with Gasteiger partial charge in [-0.05, 0) is 17.7 Å². The maximum atomic E-state index is 12.7. The van der Waals surface area contributed by atoms with Crippen LogP contribution in [0.25, 0.3) is 0 Å². The van der Waals surface area contributed by atoms with Gasteiger partial charge < -0.3 is 14.2 Å². The molecule has 2 aromatic carbocycles. The normalized spacial score (nSPS) is 10.9. The quantitative estimate of drug-likeness (QED) is 0.706. The van der Waals surface area contributed by atoms with E-state index in [1.54, 1.807) is 24.3 Å². The minimum absolute atomic E-state index is 0.00476. The highest BCUT2D eigenvalue weighted by atomic mass is 79.9. The summed E-state index contributed by atoms with van der Waals surface area (Å²) in [5.74, 6) is -0.304. The first-order valence-electron chi connectivity index (χ1n) is 7.40. The van der Waals surface area contributed by atoms with Gasteiger partial charge in [0.1, 0.15) is 17.2 Å². The van der Waals surface area contributed by atoms with Crippen molar-refractivity contribution in [2.45, 2.75) is 11.3 Å². The van der Waals surface area contributed by atoms with Crippen LogP contribution in [0, 0.1) is 0 Å². The third-order valence-corrected chi connectivity index (χ3v) is 5.43. The van der Waals surface area contributed by atoms with E-state index in [1.807, 2.05) is 4.72 Å². The Morgan fingerprint density at radius 1 is 1.00 bits per heavy atom. The van der Waals surface area contributed by atoms with E-state index < -0.39 is 15.9 Å². The van der Waals surface area contributed by atoms with Crippen LogP contribution < -0.4 is 18.9 Å². The second-order valence-corrected chi connectivity index (χ2v) is 7.73. The van der Waals surface area contributed by atoms with E-state index in [0.717, 1.165) is 4.47 Å². The summed E-state index contributed by atoms with van der Waals surface area (Å²) in [6.07, 6.45) is -0.0900. The van der Waals surface area contributed by atoms with Gasteiger partial charge in [0.05, 0.1) is 27.8 Å². The van der Waals surface area contributed by atoms with Crippen molar-refractivity contribution in [3.05, 3.63) is 46.4 Å². The van der Waals surface area contributed by atoms with Crippen LogP contribution in [0.4, 0.5) is 0 Å². The predicted octanol–water partition coefficient (Wildman–Crippen LogP) is 2.52. The van der Waals surface area contributed by atoms with Crippen molar-refractivity contribution < 1.29 is 27.4 Å².